The van der Waals surface area contributed by atoms with E-state index < -0.39 is 76.1 Å². The third-order valence-electron chi connectivity index (χ3n) is 4.69. The molecule has 0 spiro atoms. The van der Waals surface area contributed by atoms with Crippen molar-refractivity contribution in [2.24, 2.45) is 0 Å². The number of carbonyl (C=O) groups excluding carboxylic acids is 1. The average Bonchev–Trinajstić information content (AvgIpc) is 2.79. The molecule has 2 unspecified atom stereocenters. The molecular formula is C18H22F17NO6Si. The van der Waals surface area contributed by atoms with Gasteiger partial charge in [0.05, 0.1) is 0 Å². The Hall–Kier alpha value is -1.70. The van der Waals surface area contributed by atoms with E-state index >= 15 is 0 Å². The van der Waals surface area contributed by atoms with Crippen molar-refractivity contribution in [1.82, 2.24) is 5.32 Å². The standard InChI is InChI=1S/C18H22F17NO6Si/c1-4-38-43(39-5-2,40-6-3)9-7-8-36-10(37)11(19,14(23,24)25)41-18(34,35)13(22,16(29,30)31)42-17(32,33)12(20,21)15(26,27)28/h4-9H2,1-3H3,(H,36,37). The topological polar surface area (TPSA) is 75.3 Å². The fourth-order valence-corrected chi connectivity index (χ4v) is 5.40. The molecule has 0 saturated heterocycles. The summed E-state index contributed by atoms with van der Waals surface area (Å²) in [5, 5.41) is 0.936. The maximum atomic E-state index is 14.6. The summed E-state index contributed by atoms with van der Waals surface area (Å²) in [6.45, 7) is 3.03. The van der Waals surface area contributed by atoms with E-state index in [9.17, 15) is 79.4 Å². The molecule has 0 aromatic heterocycles. The average molecular weight is 699 g/mol. The monoisotopic (exact) mass is 699 g/mol. The molecule has 258 valence electrons. The number of nitrogens with one attached hydrogen (secondary N) is 1. The third kappa shape index (κ3) is 8.94. The van der Waals surface area contributed by atoms with Gasteiger partial charge in [0, 0.05) is 32.4 Å². The van der Waals surface area contributed by atoms with Crippen molar-refractivity contribution >= 4 is 14.7 Å². The maximum absolute atomic E-state index is 14.6. The van der Waals surface area contributed by atoms with Crippen molar-refractivity contribution in [3.05, 3.63) is 0 Å². The molecule has 0 aliphatic heterocycles. The molecular weight excluding hydrogens is 677 g/mol. The highest BCUT2D eigenvalue weighted by molar-refractivity contribution is 6.60. The normalized spacial score (nSPS) is 17.4. The van der Waals surface area contributed by atoms with E-state index in [0.717, 1.165) is 5.32 Å². The first-order chi connectivity index (χ1) is 19.0. The molecule has 0 saturated carbocycles. The Kier molecular flexibility index (Phi) is 13.2. The summed E-state index contributed by atoms with van der Waals surface area (Å²) >= 11 is 0. The summed E-state index contributed by atoms with van der Waals surface area (Å²) in [7, 11) is -3.61. The predicted molar refractivity (Wildman–Crippen MR) is 106 cm³/mol. The van der Waals surface area contributed by atoms with E-state index in [1.807, 2.05) is 4.74 Å². The Morgan fingerprint density at radius 2 is 1.02 bits per heavy atom. The maximum Gasteiger partial charge on any atom is 0.500 e. The van der Waals surface area contributed by atoms with Crippen molar-refractivity contribution in [1.29, 1.82) is 0 Å². The Morgan fingerprint density at radius 1 is 0.605 bits per heavy atom. The van der Waals surface area contributed by atoms with Crippen molar-refractivity contribution in [2.45, 2.75) is 81.6 Å². The van der Waals surface area contributed by atoms with Crippen LogP contribution < -0.4 is 5.32 Å². The summed E-state index contributed by atoms with van der Waals surface area (Å²) in [5.74, 6) is -26.2. The van der Waals surface area contributed by atoms with Crippen molar-refractivity contribution in [2.75, 3.05) is 26.4 Å². The van der Waals surface area contributed by atoms with Crippen LogP contribution in [0.1, 0.15) is 27.2 Å². The Labute approximate surface area is 231 Å². The van der Waals surface area contributed by atoms with Gasteiger partial charge in [-0.25, -0.2) is 0 Å². The zero-order valence-electron chi connectivity index (χ0n) is 21.6. The van der Waals surface area contributed by atoms with Gasteiger partial charge < -0.3 is 18.6 Å². The van der Waals surface area contributed by atoms with Crippen LogP contribution in [-0.2, 0) is 27.5 Å². The fourth-order valence-electron chi connectivity index (χ4n) is 2.78. The SMILES string of the molecule is CCO[Si](CCCNC(=O)C(F)(OC(F)(F)C(F)(OC(F)(F)C(F)(F)C(F)(F)F)C(F)(F)F)C(F)(F)F)(OCC)OCC. The number of rotatable bonds is 17. The highest BCUT2D eigenvalue weighted by atomic mass is 28.4. The number of carbonyl (C=O) groups is 1. The number of hydrogen-bond donors (Lipinski definition) is 1. The second kappa shape index (κ2) is 13.7. The zero-order chi connectivity index (χ0) is 34.6. The van der Waals surface area contributed by atoms with Gasteiger partial charge in [-0.2, -0.15) is 74.6 Å². The van der Waals surface area contributed by atoms with Crippen LogP contribution in [0.2, 0.25) is 6.04 Å². The van der Waals surface area contributed by atoms with Gasteiger partial charge in [0.1, 0.15) is 0 Å². The number of amides is 1. The van der Waals surface area contributed by atoms with Gasteiger partial charge in [0.2, 0.25) is 0 Å². The first-order valence-corrected chi connectivity index (χ1v) is 13.2. The summed E-state index contributed by atoms with van der Waals surface area (Å²) in [6.07, 6.45) is -39.2. The quantitative estimate of drug-likeness (QED) is 0.108. The summed E-state index contributed by atoms with van der Waals surface area (Å²) in [5.41, 5.74) is 0. The molecule has 0 aliphatic rings. The minimum absolute atomic E-state index is 0.0522. The van der Waals surface area contributed by atoms with Crippen LogP contribution in [0.15, 0.2) is 0 Å². The molecule has 0 heterocycles. The summed E-state index contributed by atoms with van der Waals surface area (Å²) < 4.78 is 244. The first kappa shape index (κ1) is 41.3. The Morgan fingerprint density at radius 3 is 1.35 bits per heavy atom. The van der Waals surface area contributed by atoms with E-state index in [1.54, 1.807) is 0 Å². The molecule has 25 heteroatoms. The number of alkyl halides is 17. The van der Waals surface area contributed by atoms with Gasteiger partial charge in [-0.15, -0.1) is 0 Å². The lowest BCUT2D eigenvalue weighted by Crippen LogP contribution is -2.68. The fraction of sp³-hybridized carbons (Fsp3) is 0.944. The third-order valence-corrected chi connectivity index (χ3v) is 7.84. The number of hydrogen-bond acceptors (Lipinski definition) is 6. The zero-order valence-corrected chi connectivity index (χ0v) is 22.6. The van der Waals surface area contributed by atoms with Crippen LogP contribution in [0.3, 0.4) is 0 Å². The molecule has 0 radical (unpaired) electrons. The minimum Gasteiger partial charge on any atom is -0.374 e. The van der Waals surface area contributed by atoms with Crippen molar-refractivity contribution in [3.8, 4) is 0 Å². The van der Waals surface area contributed by atoms with Gasteiger partial charge in [-0.05, 0) is 27.2 Å². The number of ether oxygens (including phenoxy) is 2. The Bertz CT molecular complexity index is 898. The first-order valence-electron chi connectivity index (χ1n) is 11.3. The van der Waals surface area contributed by atoms with Crippen LogP contribution in [0.5, 0.6) is 0 Å². The van der Waals surface area contributed by atoms with E-state index in [0.29, 0.717) is 0 Å². The molecule has 0 aromatic carbocycles. The molecule has 43 heavy (non-hydrogen) atoms. The molecule has 0 fully saturated rings. The van der Waals surface area contributed by atoms with Crippen molar-refractivity contribution in [3.63, 3.8) is 0 Å². The lowest BCUT2D eigenvalue weighted by molar-refractivity contribution is -0.548. The van der Waals surface area contributed by atoms with E-state index in [1.165, 1.54) is 25.5 Å². The van der Waals surface area contributed by atoms with Crippen LogP contribution >= 0.6 is 0 Å². The van der Waals surface area contributed by atoms with Crippen LogP contribution in [0.4, 0.5) is 74.6 Å². The minimum atomic E-state index is -8.07. The second-order valence-corrected chi connectivity index (χ2v) is 10.6. The van der Waals surface area contributed by atoms with Crippen LogP contribution in [0.25, 0.3) is 0 Å². The molecule has 0 rings (SSSR count). The molecule has 7 nitrogen and oxygen atoms in total. The van der Waals surface area contributed by atoms with Gasteiger partial charge in [0.15, 0.2) is 0 Å². The molecule has 0 aromatic rings. The molecule has 0 bridgehead atoms. The smallest absolute Gasteiger partial charge is 0.374 e. The molecule has 1 N–H and O–H groups in total. The van der Waals surface area contributed by atoms with E-state index in [-0.39, 0.29) is 25.9 Å². The van der Waals surface area contributed by atoms with Crippen LogP contribution in [0, 0.1) is 0 Å². The highest BCUT2D eigenvalue weighted by Gasteiger charge is 2.85. The molecule has 2 atom stereocenters. The van der Waals surface area contributed by atoms with Crippen LogP contribution in [-0.4, -0.2) is 89.5 Å². The molecule has 0 aliphatic carbocycles. The largest absolute Gasteiger partial charge is 0.500 e. The van der Waals surface area contributed by atoms with Gasteiger partial charge in [-0.1, -0.05) is 0 Å². The van der Waals surface area contributed by atoms with Gasteiger partial charge >= 0.3 is 57.2 Å². The van der Waals surface area contributed by atoms with Gasteiger partial charge in [-0.3, -0.25) is 14.3 Å². The summed E-state index contributed by atoms with van der Waals surface area (Å²) in [6, 6.07) is -0.372. The predicted octanol–water partition coefficient (Wildman–Crippen LogP) is 6.41. The Balaban J connectivity index is 6.35. The van der Waals surface area contributed by atoms with E-state index in [4.69, 9.17) is 13.3 Å². The highest BCUT2D eigenvalue weighted by Crippen LogP contribution is 2.56. The lowest BCUT2D eigenvalue weighted by atomic mass is 10.2. The molecule has 1 amide bonds. The lowest BCUT2D eigenvalue weighted by Gasteiger charge is -2.40. The van der Waals surface area contributed by atoms with E-state index in [2.05, 4.69) is 0 Å². The van der Waals surface area contributed by atoms with Crippen molar-refractivity contribution < 1.29 is 102 Å². The summed E-state index contributed by atoms with van der Waals surface area (Å²) in [4.78, 5) is 11.8. The van der Waals surface area contributed by atoms with Gasteiger partial charge in [0.25, 0.3) is 5.91 Å². The number of halogens is 17. The second-order valence-electron chi connectivity index (χ2n) is 7.84.